The molecule has 1 fully saturated rings. The van der Waals surface area contributed by atoms with Crippen molar-refractivity contribution in [2.75, 3.05) is 13.2 Å². The van der Waals surface area contributed by atoms with Crippen LogP contribution in [0.3, 0.4) is 0 Å². The summed E-state index contributed by atoms with van der Waals surface area (Å²) in [5.74, 6) is -0.947. The van der Waals surface area contributed by atoms with Gasteiger partial charge in [0, 0.05) is 22.9 Å². The van der Waals surface area contributed by atoms with Gasteiger partial charge < -0.3 is 25.5 Å². The number of benzene rings is 1. The van der Waals surface area contributed by atoms with Crippen LogP contribution in [0.1, 0.15) is 53.0 Å². The van der Waals surface area contributed by atoms with E-state index in [1.54, 1.807) is 26.8 Å². The molecule has 1 aliphatic heterocycles. The zero-order valence-electron chi connectivity index (χ0n) is 19.9. The van der Waals surface area contributed by atoms with Crippen molar-refractivity contribution in [3.8, 4) is 0 Å². The highest BCUT2D eigenvalue weighted by Crippen LogP contribution is 2.26. The van der Waals surface area contributed by atoms with Crippen molar-refractivity contribution in [2.24, 2.45) is 11.3 Å². The Labute approximate surface area is 200 Å². The molecule has 0 bridgehead atoms. The summed E-state index contributed by atoms with van der Waals surface area (Å²) in [4.78, 5) is 48.9. The van der Waals surface area contributed by atoms with Crippen molar-refractivity contribution >= 4 is 35.8 Å². The van der Waals surface area contributed by atoms with Gasteiger partial charge >= 0.3 is 6.09 Å². The molecule has 1 aliphatic rings. The summed E-state index contributed by atoms with van der Waals surface area (Å²) in [6.07, 6.45) is 0.720. The molecule has 2 rings (SSSR count). The van der Waals surface area contributed by atoms with E-state index in [2.05, 4.69) is 16.0 Å². The van der Waals surface area contributed by atoms with E-state index in [0.717, 1.165) is 5.56 Å². The molecule has 1 aromatic carbocycles. The van der Waals surface area contributed by atoms with Gasteiger partial charge in [-0.3, -0.25) is 9.59 Å². The molecule has 0 spiro atoms. The summed E-state index contributed by atoms with van der Waals surface area (Å²) in [5.41, 5.74) is -0.228. The molecule has 1 aromatic rings. The number of ether oxygens (including phenoxy) is 1. The van der Waals surface area contributed by atoms with Crippen LogP contribution in [0.5, 0.6) is 0 Å². The molecule has 0 aromatic heterocycles. The van der Waals surface area contributed by atoms with E-state index < -0.39 is 34.9 Å². The normalized spacial score (nSPS) is 18.1. The zero-order valence-corrected chi connectivity index (χ0v) is 20.6. The quantitative estimate of drug-likeness (QED) is 0.471. The maximum absolute atomic E-state index is 13.0. The number of aldehydes is 1. The Kier molecular flexibility index (Phi) is 8.89. The second-order valence-corrected chi connectivity index (χ2v) is 10.6. The third-order valence-electron chi connectivity index (χ3n) is 5.75. The lowest BCUT2D eigenvalue weighted by Crippen LogP contribution is -2.56. The monoisotopic (exact) mass is 479 g/mol. The van der Waals surface area contributed by atoms with Crippen LogP contribution in [0.15, 0.2) is 24.3 Å². The molecule has 0 radical (unpaired) electrons. The Hall–Kier alpha value is -2.61. The largest absolute Gasteiger partial charge is 0.449 e. The molecule has 33 heavy (non-hydrogen) atoms. The molecule has 1 saturated heterocycles. The van der Waals surface area contributed by atoms with Gasteiger partial charge in [-0.05, 0) is 36.0 Å². The first-order chi connectivity index (χ1) is 15.3. The number of rotatable bonds is 9. The number of amides is 3. The Morgan fingerprint density at radius 3 is 2.48 bits per heavy atom. The Bertz CT molecular complexity index is 881. The van der Waals surface area contributed by atoms with Crippen LogP contribution in [-0.2, 0) is 24.5 Å². The van der Waals surface area contributed by atoms with E-state index in [1.165, 1.54) is 0 Å². The van der Waals surface area contributed by atoms with Gasteiger partial charge in [0.05, 0.1) is 6.04 Å². The average molecular weight is 480 g/mol. The van der Waals surface area contributed by atoms with Crippen molar-refractivity contribution in [1.82, 2.24) is 16.0 Å². The molecule has 8 nitrogen and oxygen atoms in total. The van der Waals surface area contributed by atoms with Crippen LogP contribution in [0.25, 0.3) is 0 Å². The van der Waals surface area contributed by atoms with Crippen LogP contribution in [0.4, 0.5) is 4.79 Å². The number of carbonyl (C=O) groups excluding carboxylic acids is 4. The minimum atomic E-state index is -0.945. The van der Waals surface area contributed by atoms with Crippen LogP contribution in [-0.4, -0.2) is 49.4 Å². The highest BCUT2D eigenvalue weighted by Gasteiger charge is 2.36. The minimum absolute atomic E-state index is 0.0748. The van der Waals surface area contributed by atoms with E-state index in [1.807, 2.05) is 32.0 Å². The molecule has 9 heteroatoms. The Balaban J connectivity index is 1.99. The molecule has 3 N–H and O–H groups in total. The van der Waals surface area contributed by atoms with Crippen molar-refractivity contribution in [3.05, 3.63) is 34.9 Å². The zero-order chi connectivity index (χ0) is 24.8. The topological polar surface area (TPSA) is 114 Å². The van der Waals surface area contributed by atoms with Crippen LogP contribution >= 0.6 is 11.6 Å². The van der Waals surface area contributed by atoms with Crippen molar-refractivity contribution in [2.45, 2.75) is 65.0 Å². The van der Waals surface area contributed by atoms with Gasteiger partial charge in [-0.2, -0.15) is 0 Å². The van der Waals surface area contributed by atoms with E-state index in [4.69, 9.17) is 16.3 Å². The molecule has 3 unspecified atom stereocenters. The average Bonchev–Trinajstić information content (AvgIpc) is 3.13. The van der Waals surface area contributed by atoms with E-state index >= 15 is 0 Å². The van der Waals surface area contributed by atoms with Crippen LogP contribution in [0, 0.1) is 11.3 Å². The van der Waals surface area contributed by atoms with E-state index in [9.17, 15) is 19.2 Å². The molecular formula is C24H34ClN3O5. The summed E-state index contributed by atoms with van der Waals surface area (Å²) >= 11 is 6.07. The molecule has 1 heterocycles. The van der Waals surface area contributed by atoms with Crippen molar-refractivity contribution < 1.29 is 23.9 Å². The van der Waals surface area contributed by atoms with E-state index in [0.29, 0.717) is 24.3 Å². The number of halogens is 1. The molecule has 3 atom stereocenters. The summed E-state index contributed by atoms with van der Waals surface area (Å²) in [5, 5.41) is 8.60. The predicted molar refractivity (Wildman–Crippen MR) is 126 cm³/mol. The number of alkyl carbamates (subject to hydrolysis) is 1. The third-order valence-corrected chi connectivity index (χ3v) is 5.99. The lowest BCUT2D eigenvalue weighted by atomic mass is 9.85. The second kappa shape index (κ2) is 11.0. The molecule has 0 aliphatic carbocycles. The fourth-order valence-electron chi connectivity index (χ4n) is 3.66. The molecular weight excluding hydrogens is 446 g/mol. The molecule has 3 amide bonds. The smallest absolute Gasteiger partial charge is 0.407 e. The van der Waals surface area contributed by atoms with E-state index in [-0.39, 0.29) is 24.9 Å². The lowest BCUT2D eigenvalue weighted by Gasteiger charge is -2.32. The van der Waals surface area contributed by atoms with Crippen LogP contribution in [0.2, 0.25) is 5.02 Å². The Morgan fingerprint density at radius 1 is 1.24 bits per heavy atom. The minimum Gasteiger partial charge on any atom is -0.449 e. The standard InChI is InChI=1S/C24H34ClN3O5/c1-23(2,3)19(21(31)27-18(13-29)11-15-9-10-26-20(15)30)28-22(32)33-14-24(4,5)16-7-6-8-17(25)12-16/h6-8,12-13,15,18-19H,9-11,14H2,1-5H3,(H,26,30)(H,27,31)(H,28,32). The summed E-state index contributed by atoms with van der Waals surface area (Å²) in [6.45, 7) is 9.88. The summed E-state index contributed by atoms with van der Waals surface area (Å²) in [6, 6.07) is 5.56. The fourth-order valence-corrected chi connectivity index (χ4v) is 3.85. The predicted octanol–water partition coefficient (Wildman–Crippen LogP) is 2.97. The summed E-state index contributed by atoms with van der Waals surface area (Å²) in [7, 11) is 0. The van der Waals surface area contributed by atoms with Gasteiger partial charge in [0.1, 0.15) is 18.9 Å². The van der Waals surface area contributed by atoms with Crippen LogP contribution < -0.4 is 16.0 Å². The number of carbonyl (C=O) groups is 4. The highest BCUT2D eigenvalue weighted by atomic mass is 35.5. The van der Waals surface area contributed by atoms with Gasteiger partial charge in [0.2, 0.25) is 11.8 Å². The van der Waals surface area contributed by atoms with Gasteiger partial charge in [-0.1, -0.05) is 58.4 Å². The number of hydrogen-bond acceptors (Lipinski definition) is 5. The fraction of sp³-hybridized carbons (Fsp3) is 0.583. The maximum Gasteiger partial charge on any atom is 0.407 e. The van der Waals surface area contributed by atoms with Gasteiger partial charge in [0.25, 0.3) is 0 Å². The Morgan fingerprint density at radius 2 is 1.94 bits per heavy atom. The third kappa shape index (κ3) is 7.74. The second-order valence-electron chi connectivity index (χ2n) is 10.2. The van der Waals surface area contributed by atoms with Crippen molar-refractivity contribution in [3.63, 3.8) is 0 Å². The molecule has 0 saturated carbocycles. The maximum atomic E-state index is 13.0. The van der Waals surface area contributed by atoms with Crippen molar-refractivity contribution in [1.29, 1.82) is 0 Å². The lowest BCUT2D eigenvalue weighted by molar-refractivity contribution is -0.129. The first-order valence-corrected chi connectivity index (χ1v) is 11.4. The first kappa shape index (κ1) is 26.6. The SMILES string of the molecule is CC(C)(COC(=O)NC(C(=O)NC(C=O)CC1CCNC1=O)C(C)(C)C)c1cccc(Cl)c1. The first-order valence-electron chi connectivity index (χ1n) is 11.1. The highest BCUT2D eigenvalue weighted by molar-refractivity contribution is 6.30. The van der Waals surface area contributed by atoms with Gasteiger partial charge in [-0.25, -0.2) is 4.79 Å². The van der Waals surface area contributed by atoms with Gasteiger partial charge in [-0.15, -0.1) is 0 Å². The number of nitrogens with one attached hydrogen (secondary N) is 3. The molecule has 182 valence electrons. The number of hydrogen-bond donors (Lipinski definition) is 3. The van der Waals surface area contributed by atoms with Gasteiger partial charge in [0.15, 0.2) is 0 Å². The summed E-state index contributed by atoms with van der Waals surface area (Å²) < 4.78 is 5.43.